The summed E-state index contributed by atoms with van der Waals surface area (Å²) < 4.78 is 8.29. The van der Waals surface area contributed by atoms with E-state index in [-0.39, 0.29) is 17.4 Å². The molecule has 0 atom stereocenters. The normalized spacial score (nSPS) is 10.8. The van der Waals surface area contributed by atoms with Crippen molar-refractivity contribution in [3.8, 4) is 5.69 Å². The number of amides is 1. The van der Waals surface area contributed by atoms with Gasteiger partial charge in [0.1, 0.15) is 0 Å². The Morgan fingerprint density at radius 2 is 1.57 bits per heavy atom. The van der Waals surface area contributed by atoms with Crippen LogP contribution in [0.1, 0.15) is 64.0 Å². The molecule has 2 aromatic rings. The molecule has 1 amide bonds. The van der Waals surface area contributed by atoms with Gasteiger partial charge in [0, 0.05) is 37.3 Å². The Morgan fingerprint density at radius 3 is 2.13 bits per heavy atom. The molecule has 0 aliphatic heterocycles. The predicted molar refractivity (Wildman–Crippen MR) is 118 cm³/mol. The first kappa shape index (κ1) is 23.4. The zero-order valence-corrected chi connectivity index (χ0v) is 18.3. The number of benzene rings is 1. The first-order valence-electron chi connectivity index (χ1n) is 10.7. The van der Waals surface area contributed by atoms with E-state index in [9.17, 15) is 14.4 Å². The van der Waals surface area contributed by atoms with Crippen molar-refractivity contribution in [3.63, 3.8) is 0 Å². The number of carbonyl (C=O) groups excluding carboxylic acids is 2. The maximum Gasteiger partial charge on any atom is 0.305 e. The Balaban J connectivity index is 1.65. The third-order valence-corrected chi connectivity index (χ3v) is 5.09. The lowest BCUT2D eigenvalue weighted by Crippen LogP contribution is -2.19. The van der Waals surface area contributed by atoms with Crippen LogP contribution in [0.15, 0.2) is 35.1 Å². The highest BCUT2D eigenvalue weighted by molar-refractivity contribution is 5.90. The third-order valence-electron chi connectivity index (χ3n) is 5.09. The van der Waals surface area contributed by atoms with Crippen molar-refractivity contribution in [2.24, 2.45) is 7.05 Å². The number of nitrogens with zero attached hydrogens (tertiary/aromatic N) is 2. The fraction of sp³-hybridized carbons (Fsp3) is 0.522. The number of aromatic nitrogens is 2. The molecule has 164 valence electrons. The summed E-state index contributed by atoms with van der Waals surface area (Å²) in [6, 6.07) is 8.87. The molecule has 1 N–H and O–H groups in total. The monoisotopic (exact) mass is 415 g/mol. The lowest BCUT2D eigenvalue weighted by Gasteiger charge is -2.10. The number of anilines is 1. The highest BCUT2D eigenvalue weighted by atomic mass is 16.5. The number of unbranched alkanes of at least 4 members (excludes halogenated alkanes) is 5. The molecule has 0 bridgehead atoms. The standard InChI is InChI=1S/C23H33N3O4/c1-4-30-23(29)12-10-8-6-5-7-9-11-21(27)24-19-13-15-20(16-14-19)26-22(28)17-18(2)25(26)3/h13-17H,4-12H2,1-3H3,(H,24,27). The van der Waals surface area contributed by atoms with Crippen molar-refractivity contribution < 1.29 is 14.3 Å². The summed E-state index contributed by atoms with van der Waals surface area (Å²) in [5.41, 5.74) is 2.29. The summed E-state index contributed by atoms with van der Waals surface area (Å²) in [6.45, 7) is 4.14. The quantitative estimate of drug-likeness (QED) is 0.418. The zero-order valence-electron chi connectivity index (χ0n) is 18.3. The predicted octanol–water partition coefficient (Wildman–Crippen LogP) is 4.11. The maximum absolute atomic E-state index is 12.1. The van der Waals surface area contributed by atoms with Crippen LogP contribution in [0.5, 0.6) is 0 Å². The van der Waals surface area contributed by atoms with Gasteiger partial charge < -0.3 is 10.1 Å². The van der Waals surface area contributed by atoms with Crippen molar-refractivity contribution in [2.75, 3.05) is 11.9 Å². The average Bonchev–Trinajstić information content (AvgIpc) is 2.96. The molecule has 0 saturated carbocycles. The van der Waals surface area contributed by atoms with Crippen LogP contribution < -0.4 is 10.9 Å². The summed E-state index contributed by atoms with van der Waals surface area (Å²) in [5.74, 6) is -0.120. The number of hydrogen-bond donors (Lipinski definition) is 1. The number of esters is 1. The molecule has 1 heterocycles. The number of nitrogens with one attached hydrogen (secondary N) is 1. The second-order valence-corrected chi connectivity index (χ2v) is 7.48. The van der Waals surface area contributed by atoms with Gasteiger partial charge in [0.25, 0.3) is 5.56 Å². The van der Waals surface area contributed by atoms with Gasteiger partial charge in [-0.2, -0.15) is 0 Å². The Hall–Kier alpha value is -2.83. The fourth-order valence-electron chi connectivity index (χ4n) is 3.34. The van der Waals surface area contributed by atoms with E-state index in [4.69, 9.17) is 4.74 Å². The van der Waals surface area contributed by atoms with Gasteiger partial charge in [0.15, 0.2) is 0 Å². The molecule has 2 rings (SSSR count). The van der Waals surface area contributed by atoms with Gasteiger partial charge in [0.2, 0.25) is 5.91 Å². The zero-order chi connectivity index (χ0) is 21.9. The van der Waals surface area contributed by atoms with Crippen LogP contribution >= 0.6 is 0 Å². The van der Waals surface area contributed by atoms with Gasteiger partial charge in [-0.3, -0.25) is 19.1 Å². The Morgan fingerprint density at radius 1 is 0.967 bits per heavy atom. The number of hydrogen-bond acceptors (Lipinski definition) is 4. The van der Waals surface area contributed by atoms with Gasteiger partial charge >= 0.3 is 5.97 Å². The summed E-state index contributed by atoms with van der Waals surface area (Å²) in [6.07, 6.45) is 6.84. The molecule has 0 aliphatic rings. The van der Waals surface area contributed by atoms with E-state index in [2.05, 4.69) is 5.32 Å². The van der Waals surface area contributed by atoms with Crippen LogP contribution in [0.3, 0.4) is 0 Å². The summed E-state index contributed by atoms with van der Waals surface area (Å²) in [4.78, 5) is 35.4. The minimum absolute atomic E-state index is 0.00283. The summed E-state index contributed by atoms with van der Waals surface area (Å²) in [7, 11) is 1.84. The average molecular weight is 416 g/mol. The van der Waals surface area contributed by atoms with Crippen molar-refractivity contribution in [3.05, 3.63) is 46.4 Å². The van der Waals surface area contributed by atoms with E-state index in [1.54, 1.807) is 15.4 Å². The molecule has 7 nitrogen and oxygen atoms in total. The number of ether oxygens (including phenoxy) is 1. The van der Waals surface area contributed by atoms with Crippen LogP contribution in [-0.4, -0.2) is 27.8 Å². The van der Waals surface area contributed by atoms with Crippen LogP contribution in [0.2, 0.25) is 0 Å². The van der Waals surface area contributed by atoms with E-state index < -0.39 is 0 Å². The second-order valence-electron chi connectivity index (χ2n) is 7.48. The number of carbonyl (C=O) groups is 2. The van der Waals surface area contributed by atoms with Gasteiger partial charge in [-0.15, -0.1) is 0 Å². The SMILES string of the molecule is CCOC(=O)CCCCCCCCC(=O)Nc1ccc(-n2c(=O)cc(C)n2C)cc1. The fourth-order valence-corrected chi connectivity index (χ4v) is 3.34. The summed E-state index contributed by atoms with van der Waals surface area (Å²) in [5, 5.41) is 2.91. The molecule has 0 saturated heterocycles. The first-order valence-corrected chi connectivity index (χ1v) is 10.7. The van der Waals surface area contributed by atoms with E-state index in [1.165, 1.54) is 0 Å². The van der Waals surface area contributed by atoms with Crippen molar-refractivity contribution in [1.29, 1.82) is 0 Å². The molecular formula is C23H33N3O4. The molecule has 0 aliphatic carbocycles. The Kier molecular flexibility index (Phi) is 9.38. The minimum atomic E-state index is -0.118. The number of aryl methyl sites for hydroxylation is 1. The number of rotatable bonds is 12. The molecule has 0 fully saturated rings. The summed E-state index contributed by atoms with van der Waals surface area (Å²) >= 11 is 0. The molecular weight excluding hydrogens is 382 g/mol. The third kappa shape index (κ3) is 7.21. The Labute approximate surface area is 178 Å². The van der Waals surface area contributed by atoms with Gasteiger partial charge in [-0.1, -0.05) is 25.7 Å². The van der Waals surface area contributed by atoms with E-state index in [0.717, 1.165) is 55.6 Å². The Bertz CT molecular complexity index is 881. The molecule has 0 spiro atoms. The van der Waals surface area contributed by atoms with Gasteiger partial charge in [-0.05, 0) is 51.0 Å². The highest BCUT2D eigenvalue weighted by Crippen LogP contribution is 2.14. The van der Waals surface area contributed by atoms with E-state index in [1.807, 2.05) is 45.2 Å². The lowest BCUT2D eigenvalue weighted by atomic mass is 10.1. The maximum atomic E-state index is 12.1. The van der Waals surface area contributed by atoms with Crippen LogP contribution in [-0.2, 0) is 21.4 Å². The minimum Gasteiger partial charge on any atom is -0.466 e. The van der Waals surface area contributed by atoms with E-state index >= 15 is 0 Å². The molecule has 0 radical (unpaired) electrons. The van der Waals surface area contributed by atoms with Crippen molar-refractivity contribution in [1.82, 2.24) is 9.36 Å². The van der Waals surface area contributed by atoms with Crippen LogP contribution in [0, 0.1) is 6.92 Å². The second kappa shape index (κ2) is 12.0. The van der Waals surface area contributed by atoms with Crippen molar-refractivity contribution in [2.45, 2.75) is 65.2 Å². The largest absolute Gasteiger partial charge is 0.466 e. The van der Waals surface area contributed by atoms with Crippen molar-refractivity contribution >= 4 is 17.6 Å². The van der Waals surface area contributed by atoms with Gasteiger partial charge in [0.05, 0.1) is 12.3 Å². The van der Waals surface area contributed by atoms with E-state index in [0.29, 0.717) is 19.4 Å². The molecule has 0 unspecified atom stereocenters. The highest BCUT2D eigenvalue weighted by Gasteiger charge is 2.08. The molecule has 7 heteroatoms. The molecule has 30 heavy (non-hydrogen) atoms. The van der Waals surface area contributed by atoms with Crippen LogP contribution in [0.25, 0.3) is 5.69 Å². The van der Waals surface area contributed by atoms with Crippen LogP contribution in [0.4, 0.5) is 5.69 Å². The lowest BCUT2D eigenvalue weighted by molar-refractivity contribution is -0.143. The first-order chi connectivity index (χ1) is 14.4. The smallest absolute Gasteiger partial charge is 0.305 e. The molecule has 1 aromatic carbocycles. The molecule has 1 aromatic heterocycles. The van der Waals surface area contributed by atoms with Gasteiger partial charge in [-0.25, -0.2) is 4.68 Å². The topological polar surface area (TPSA) is 82.3 Å².